The lowest BCUT2D eigenvalue weighted by molar-refractivity contribution is 0.0966. The van der Waals surface area contributed by atoms with Gasteiger partial charge in [-0.1, -0.05) is 64.7 Å². The Balaban J connectivity index is 0.00000136. The molecular formula is C24H35N3O. The van der Waals surface area contributed by atoms with Crippen molar-refractivity contribution >= 4 is 11.7 Å². The van der Waals surface area contributed by atoms with Crippen molar-refractivity contribution < 1.29 is 4.79 Å². The van der Waals surface area contributed by atoms with E-state index in [-0.39, 0.29) is 5.91 Å². The van der Waals surface area contributed by atoms with E-state index >= 15 is 0 Å². The summed E-state index contributed by atoms with van der Waals surface area (Å²) in [4.78, 5) is 19.5. The molecule has 1 aromatic rings. The van der Waals surface area contributed by atoms with Crippen molar-refractivity contribution in [3.05, 3.63) is 59.1 Å². The third kappa shape index (κ3) is 5.34. The standard InChI is InChI=1S/C22H29N3O.C2H6/c1-3-5-6-7-10-17-11-8-13-20-19(16-17)24-22(26)18-12-9-14-23-21(18)25(20)15-4-2;1-2/h8-9,11-14H,3-7,10,15-16H2,1-2H3,(H,24,26);1-2H3. The lowest BCUT2D eigenvalue weighted by Gasteiger charge is -2.25. The first-order valence-corrected chi connectivity index (χ1v) is 10.9. The summed E-state index contributed by atoms with van der Waals surface area (Å²) in [6.45, 7) is 9.23. The van der Waals surface area contributed by atoms with Crippen LogP contribution in [-0.4, -0.2) is 17.4 Å². The van der Waals surface area contributed by atoms with Crippen molar-refractivity contribution in [3.63, 3.8) is 0 Å². The van der Waals surface area contributed by atoms with Gasteiger partial charge in [-0.3, -0.25) is 4.79 Å². The minimum atomic E-state index is -0.0557. The molecule has 1 aliphatic heterocycles. The highest BCUT2D eigenvalue weighted by Crippen LogP contribution is 2.31. The first kappa shape index (κ1) is 21.9. The second-order valence-electron chi connectivity index (χ2n) is 7.02. The van der Waals surface area contributed by atoms with Crippen LogP contribution in [0.2, 0.25) is 0 Å². The smallest absolute Gasteiger partial charge is 0.259 e. The Morgan fingerprint density at radius 2 is 1.96 bits per heavy atom. The van der Waals surface area contributed by atoms with Gasteiger partial charge in [0.25, 0.3) is 5.91 Å². The van der Waals surface area contributed by atoms with Crippen molar-refractivity contribution in [2.24, 2.45) is 0 Å². The molecule has 1 N–H and O–H groups in total. The number of carbonyl (C=O) groups is 1. The molecule has 1 amide bonds. The van der Waals surface area contributed by atoms with Gasteiger partial charge in [0.05, 0.1) is 11.3 Å². The summed E-state index contributed by atoms with van der Waals surface area (Å²) < 4.78 is 0. The Labute approximate surface area is 170 Å². The van der Waals surface area contributed by atoms with E-state index in [1.54, 1.807) is 6.20 Å². The summed E-state index contributed by atoms with van der Waals surface area (Å²) in [5, 5.41) is 3.16. The molecule has 0 spiro atoms. The quantitative estimate of drug-likeness (QED) is 0.577. The zero-order valence-electron chi connectivity index (χ0n) is 17.9. The average Bonchev–Trinajstić information content (AvgIpc) is 2.98. The van der Waals surface area contributed by atoms with E-state index in [1.807, 2.05) is 26.0 Å². The van der Waals surface area contributed by atoms with E-state index in [4.69, 9.17) is 0 Å². The highest BCUT2D eigenvalue weighted by atomic mass is 16.1. The van der Waals surface area contributed by atoms with E-state index in [1.165, 1.54) is 31.3 Å². The fourth-order valence-electron chi connectivity index (χ4n) is 3.62. The van der Waals surface area contributed by atoms with Gasteiger partial charge in [-0.15, -0.1) is 0 Å². The highest BCUT2D eigenvalue weighted by Gasteiger charge is 2.27. The third-order valence-corrected chi connectivity index (χ3v) is 4.94. The molecule has 0 radical (unpaired) electrons. The van der Waals surface area contributed by atoms with Gasteiger partial charge in [-0.05, 0) is 37.5 Å². The monoisotopic (exact) mass is 381 g/mol. The summed E-state index contributed by atoms with van der Waals surface area (Å²) in [5.41, 5.74) is 4.10. The van der Waals surface area contributed by atoms with Crippen molar-refractivity contribution in [3.8, 4) is 0 Å². The topological polar surface area (TPSA) is 45.2 Å². The molecule has 4 nitrogen and oxygen atoms in total. The number of nitrogens with one attached hydrogen (secondary N) is 1. The SMILES string of the molecule is CC.CCCCCCC1=CC=CC2=C(C1)NC(=O)c1cccnc1N2CCC. The molecule has 3 rings (SSSR count). The van der Waals surface area contributed by atoms with Gasteiger partial charge in [-0.25, -0.2) is 4.98 Å². The van der Waals surface area contributed by atoms with Crippen molar-refractivity contribution in [2.45, 2.75) is 72.6 Å². The number of allylic oxidation sites excluding steroid dienone is 4. The molecule has 0 saturated carbocycles. The maximum Gasteiger partial charge on any atom is 0.259 e. The Kier molecular flexibility index (Phi) is 8.99. The van der Waals surface area contributed by atoms with Crippen LogP contribution >= 0.6 is 0 Å². The molecule has 1 aromatic heterocycles. The minimum Gasteiger partial charge on any atom is -0.324 e. The first-order valence-electron chi connectivity index (χ1n) is 10.9. The molecule has 0 saturated heterocycles. The predicted molar refractivity (Wildman–Crippen MR) is 118 cm³/mol. The van der Waals surface area contributed by atoms with Gasteiger partial charge >= 0.3 is 0 Å². The number of rotatable bonds is 7. The first-order chi connectivity index (χ1) is 13.7. The molecule has 152 valence electrons. The van der Waals surface area contributed by atoms with Crippen LogP contribution in [-0.2, 0) is 0 Å². The van der Waals surface area contributed by atoms with Crippen molar-refractivity contribution in [2.75, 3.05) is 11.4 Å². The molecule has 2 aliphatic rings. The summed E-state index contributed by atoms with van der Waals surface area (Å²) in [7, 11) is 0. The molecule has 1 aliphatic carbocycles. The minimum absolute atomic E-state index is 0.0557. The predicted octanol–water partition coefficient (Wildman–Crippen LogP) is 6.14. The number of aromatic nitrogens is 1. The van der Waals surface area contributed by atoms with E-state index in [2.05, 4.69) is 47.3 Å². The summed E-state index contributed by atoms with van der Waals surface area (Å²) in [6, 6.07) is 3.69. The zero-order valence-corrected chi connectivity index (χ0v) is 17.9. The number of nitrogens with zero attached hydrogens (tertiary/aromatic N) is 2. The fraction of sp³-hybridized carbons (Fsp3) is 0.500. The van der Waals surface area contributed by atoms with Crippen LogP contribution < -0.4 is 10.2 Å². The largest absolute Gasteiger partial charge is 0.324 e. The van der Waals surface area contributed by atoms with Gasteiger partial charge in [-0.2, -0.15) is 0 Å². The Morgan fingerprint density at radius 1 is 1.14 bits per heavy atom. The van der Waals surface area contributed by atoms with Crippen LogP contribution in [0.25, 0.3) is 0 Å². The van der Waals surface area contributed by atoms with Gasteiger partial charge in [0.15, 0.2) is 0 Å². The number of hydrogen-bond donors (Lipinski definition) is 1. The number of amides is 1. The van der Waals surface area contributed by atoms with Crippen LogP contribution in [0, 0.1) is 0 Å². The van der Waals surface area contributed by atoms with E-state index in [9.17, 15) is 4.79 Å². The summed E-state index contributed by atoms with van der Waals surface area (Å²) in [5.74, 6) is 0.702. The maximum atomic E-state index is 12.8. The number of fused-ring (bicyclic) bond motifs is 1. The number of pyridine rings is 1. The van der Waals surface area contributed by atoms with E-state index in [0.717, 1.165) is 43.0 Å². The second kappa shape index (κ2) is 11.5. The number of anilines is 1. The molecule has 0 fully saturated rings. The molecular weight excluding hydrogens is 346 g/mol. The fourth-order valence-corrected chi connectivity index (χ4v) is 3.62. The maximum absolute atomic E-state index is 12.8. The molecule has 0 bridgehead atoms. The van der Waals surface area contributed by atoms with Crippen LogP contribution in [0.5, 0.6) is 0 Å². The highest BCUT2D eigenvalue weighted by molar-refractivity contribution is 6.01. The van der Waals surface area contributed by atoms with Crippen LogP contribution in [0.15, 0.2) is 53.5 Å². The molecule has 2 heterocycles. The van der Waals surface area contributed by atoms with E-state index in [0.29, 0.717) is 5.56 Å². The summed E-state index contributed by atoms with van der Waals surface area (Å²) >= 11 is 0. The van der Waals surface area contributed by atoms with Gasteiger partial charge in [0, 0.05) is 24.9 Å². The Hall–Kier alpha value is -2.36. The molecule has 0 aromatic carbocycles. The second-order valence-corrected chi connectivity index (χ2v) is 7.02. The number of hydrogen-bond acceptors (Lipinski definition) is 3. The van der Waals surface area contributed by atoms with Gasteiger partial charge in [0.1, 0.15) is 5.82 Å². The van der Waals surface area contributed by atoms with Gasteiger partial charge < -0.3 is 10.2 Å². The van der Waals surface area contributed by atoms with Crippen molar-refractivity contribution in [1.29, 1.82) is 0 Å². The van der Waals surface area contributed by atoms with Gasteiger partial charge in [0.2, 0.25) is 0 Å². The Bertz CT molecular complexity index is 746. The zero-order chi connectivity index (χ0) is 20.4. The van der Waals surface area contributed by atoms with Crippen LogP contribution in [0.3, 0.4) is 0 Å². The molecule has 0 unspecified atom stereocenters. The number of unbranched alkanes of at least 4 members (excludes halogenated alkanes) is 3. The normalized spacial score (nSPS) is 15.5. The molecule has 0 atom stereocenters. The Morgan fingerprint density at radius 3 is 2.71 bits per heavy atom. The van der Waals surface area contributed by atoms with Crippen LogP contribution in [0.1, 0.15) is 83.0 Å². The van der Waals surface area contributed by atoms with Crippen molar-refractivity contribution in [1.82, 2.24) is 10.3 Å². The number of carbonyl (C=O) groups excluding carboxylic acids is 1. The lowest BCUT2D eigenvalue weighted by Crippen LogP contribution is -2.25. The van der Waals surface area contributed by atoms with Crippen LogP contribution in [0.4, 0.5) is 5.82 Å². The average molecular weight is 382 g/mol. The third-order valence-electron chi connectivity index (χ3n) is 4.94. The molecule has 28 heavy (non-hydrogen) atoms. The van der Waals surface area contributed by atoms with E-state index < -0.39 is 0 Å². The summed E-state index contributed by atoms with van der Waals surface area (Å²) in [6.07, 6.45) is 16.1. The lowest BCUT2D eigenvalue weighted by atomic mass is 10.0. The molecule has 4 heteroatoms.